The Hall–Kier alpha value is -3.39. The first kappa shape index (κ1) is 28.6. The molecule has 0 aliphatic rings. The Morgan fingerprint density at radius 1 is 0.923 bits per heavy atom. The molecule has 0 saturated heterocycles. The Morgan fingerprint density at radius 2 is 1.59 bits per heavy atom. The van der Waals surface area contributed by atoms with Gasteiger partial charge in [0, 0.05) is 0 Å². The van der Waals surface area contributed by atoms with Crippen LogP contribution < -0.4 is 31.3 Å². The number of nitrogens with one attached hydrogen (secondary N) is 1. The molecule has 0 aliphatic heterocycles. The first-order chi connectivity index (χ1) is 18.6. The minimum Gasteiger partial charge on any atom is -0.744 e. The molecule has 3 aromatic carbocycles. The number of anilines is 1. The van der Waals surface area contributed by atoms with Gasteiger partial charge in [-0.1, -0.05) is 35.1 Å². The number of nitrogens with zero attached hydrogens (tertiary/aromatic N) is 2. The zero-order valence-electron chi connectivity index (χ0n) is 21.2. The number of methoxy groups -OCH3 is 1. The Morgan fingerprint density at radius 3 is 2.21 bits per heavy atom. The number of halogens is 1. The van der Waals surface area contributed by atoms with Gasteiger partial charge in [-0.2, -0.15) is 0 Å². The lowest BCUT2D eigenvalue weighted by molar-refractivity contribution is -0.597. The lowest BCUT2D eigenvalue weighted by Gasteiger charge is -2.05. The van der Waals surface area contributed by atoms with Crippen LogP contribution in [0.2, 0.25) is 0 Å². The fourth-order valence-electron chi connectivity index (χ4n) is 3.28. The van der Waals surface area contributed by atoms with Gasteiger partial charge in [0.1, 0.15) is 21.6 Å². The van der Waals surface area contributed by atoms with Gasteiger partial charge in [0.25, 0.3) is 5.91 Å². The SMILES string of the molecule is COc1ccc([I+]c2ccc(C(=O)Nc3nc4ccc(C)cc4s3)nc2)cc1.Cc1ccc(S(=O)(=O)[O-])cc1. The van der Waals surface area contributed by atoms with Crippen LogP contribution in [0.15, 0.2) is 90.0 Å². The van der Waals surface area contributed by atoms with E-state index in [0.29, 0.717) is 10.8 Å². The maximum atomic E-state index is 12.5. The van der Waals surface area contributed by atoms with E-state index in [1.807, 2.05) is 44.2 Å². The highest BCUT2D eigenvalue weighted by Crippen LogP contribution is 2.26. The van der Waals surface area contributed by atoms with Crippen LogP contribution in [0.4, 0.5) is 5.13 Å². The number of pyridine rings is 1. The molecule has 0 atom stereocenters. The molecule has 0 unspecified atom stereocenters. The smallest absolute Gasteiger partial charge is 0.359 e. The average Bonchev–Trinajstić information content (AvgIpc) is 3.31. The molecule has 1 N–H and O–H groups in total. The highest BCUT2D eigenvalue weighted by molar-refractivity contribution is 7.85. The molecule has 200 valence electrons. The molecule has 0 fully saturated rings. The summed E-state index contributed by atoms with van der Waals surface area (Å²) in [6.45, 7) is 3.86. The summed E-state index contributed by atoms with van der Waals surface area (Å²) in [4.78, 5) is 21.1. The van der Waals surface area contributed by atoms with E-state index in [4.69, 9.17) is 4.74 Å². The third-order valence-corrected chi connectivity index (χ3v) is 9.69. The summed E-state index contributed by atoms with van der Waals surface area (Å²) in [5, 5.41) is 3.44. The topological polar surface area (TPSA) is 121 Å². The Balaban J connectivity index is 0.000000270. The summed E-state index contributed by atoms with van der Waals surface area (Å²) in [5.74, 6) is 0.605. The zero-order valence-corrected chi connectivity index (χ0v) is 25.0. The molecule has 11 heteroatoms. The maximum absolute atomic E-state index is 12.5. The lowest BCUT2D eigenvalue weighted by atomic mass is 10.2. The number of carbonyl (C=O) groups is 1. The third-order valence-electron chi connectivity index (χ3n) is 5.30. The van der Waals surface area contributed by atoms with Gasteiger partial charge in [-0.15, -0.1) is 0 Å². The monoisotopic (exact) mass is 673 g/mol. The lowest BCUT2D eigenvalue weighted by Crippen LogP contribution is -3.61. The summed E-state index contributed by atoms with van der Waals surface area (Å²) >= 11 is 1.12. The van der Waals surface area contributed by atoms with Gasteiger partial charge < -0.3 is 9.29 Å². The molecule has 5 rings (SSSR count). The van der Waals surface area contributed by atoms with Crippen molar-refractivity contribution >= 4 is 42.7 Å². The molecule has 0 bridgehead atoms. The van der Waals surface area contributed by atoms with Crippen molar-refractivity contribution < 1.29 is 43.7 Å². The minimum absolute atomic E-state index is 0.178. The number of amides is 1. The Bertz CT molecular complexity index is 1690. The van der Waals surface area contributed by atoms with Crippen LogP contribution in [0.1, 0.15) is 21.6 Å². The quantitative estimate of drug-likeness (QED) is 0.217. The summed E-state index contributed by atoms with van der Waals surface area (Å²) in [7, 11) is -2.61. The largest absolute Gasteiger partial charge is 0.744 e. The fraction of sp³-hybridized carbons (Fsp3) is 0.107. The van der Waals surface area contributed by atoms with Crippen molar-refractivity contribution in [3.05, 3.63) is 109 Å². The fourth-order valence-corrected chi connectivity index (χ4v) is 6.78. The van der Waals surface area contributed by atoms with Crippen molar-refractivity contribution in [2.45, 2.75) is 18.7 Å². The van der Waals surface area contributed by atoms with Gasteiger partial charge in [0.05, 0.1) is 28.4 Å². The third kappa shape index (κ3) is 8.05. The summed E-state index contributed by atoms with van der Waals surface area (Å²) < 4.78 is 39.8. The molecule has 0 spiro atoms. The highest BCUT2D eigenvalue weighted by atomic mass is 127. The number of hydrogen-bond acceptors (Lipinski definition) is 8. The van der Waals surface area contributed by atoms with Crippen molar-refractivity contribution in [1.29, 1.82) is 0 Å². The maximum Gasteiger partial charge on any atom is 0.359 e. The molecule has 0 saturated carbocycles. The highest BCUT2D eigenvalue weighted by Gasteiger charge is 2.18. The zero-order chi connectivity index (χ0) is 28.0. The molecule has 1 amide bonds. The molecule has 5 aromatic rings. The summed E-state index contributed by atoms with van der Waals surface area (Å²) in [6.07, 6.45) is 1.79. The van der Waals surface area contributed by atoms with E-state index in [1.54, 1.807) is 31.5 Å². The Kier molecular flexibility index (Phi) is 9.28. The van der Waals surface area contributed by atoms with Gasteiger partial charge >= 0.3 is 21.2 Å². The first-order valence-corrected chi connectivity index (χ1v) is 15.9. The van der Waals surface area contributed by atoms with E-state index in [9.17, 15) is 17.8 Å². The number of thiazole rings is 1. The molecule has 2 heterocycles. The van der Waals surface area contributed by atoms with E-state index in [2.05, 4.69) is 33.5 Å². The van der Waals surface area contributed by atoms with Crippen molar-refractivity contribution in [3.8, 4) is 5.75 Å². The van der Waals surface area contributed by atoms with Crippen molar-refractivity contribution in [3.63, 3.8) is 0 Å². The van der Waals surface area contributed by atoms with Crippen LogP contribution in [0.25, 0.3) is 10.2 Å². The predicted octanol–water partition coefficient (Wildman–Crippen LogP) is 2.29. The van der Waals surface area contributed by atoms with E-state index in [1.165, 1.54) is 32.6 Å². The molecule has 2 aromatic heterocycles. The molecule has 8 nitrogen and oxygen atoms in total. The van der Waals surface area contributed by atoms with E-state index >= 15 is 0 Å². The number of rotatable bonds is 6. The van der Waals surface area contributed by atoms with E-state index in [0.717, 1.165) is 25.1 Å². The van der Waals surface area contributed by atoms with Crippen LogP contribution in [0, 0.1) is 21.0 Å². The molecule has 0 radical (unpaired) electrons. The van der Waals surface area contributed by atoms with Gasteiger partial charge in [-0.05, 0) is 80.1 Å². The molecule has 39 heavy (non-hydrogen) atoms. The van der Waals surface area contributed by atoms with Crippen molar-refractivity contribution in [1.82, 2.24) is 9.97 Å². The number of ether oxygens (including phenoxy) is 1. The van der Waals surface area contributed by atoms with Gasteiger partial charge in [-0.3, -0.25) is 10.1 Å². The number of fused-ring (bicyclic) bond motifs is 1. The standard InChI is InChI=1S/C21H16IN3O2S.C7H8O3S/c1-13-3-9-17-19(11-13)28-21(24-17)25-20(26)18-10-6-15(12-23-18)22-14-4-7-16(27-2)8-5-14;1-6-2-4-7(5-3-6)11(8,9)10/h3-12H,1-2H3;2-5H,1H3,(H,8,9,10). The van der Waals surface area contributed by atoms with Crippen molar-refractivity contribution in [2.75, 3.05) is 12.4 Å². The number of aryl methyl sites for hydroxylation is 2. The van der Waals surface area contributed by atoms with E-state index < -0.39 is 10.1 Å². The van der Waals surface area contributed by atoms with Crippen LogP contribution in [-0.2, 0) is 10.1 Å². The van der Waals surface area contributed by atoms with E-state index in [-0.39, 0.29) is 32.0 Å². The van der Waals surface area contributed by atoms with Gasteiger partial charge in [0.2, 0.25) is 3.57 Å². The van der Waals surface area contributed by atoms with Crippen LogP contribution in [0.3, 0.4) is 0 Å². The average molecular weight is 674 g/mol. The normalized spacial score (nSPS) is 11.0. The summed E-state index contributed by atoms with van der Waals surface area (Å²) in [6, 6.07) is 23.6. The second-order valence-corrected chi connectivity index (χ2v) is 13.8. The van der Waals surface area contributed by atoms with Gasteiger partial charge in [0.15, 0.2) is 8.70 Å². The van der Waals surface area contributed by atoms with Crippen molar-refractivity contribution in [2.24, 2.45) is 0 Å². The molecular formula is C28H24IN3O5S2. The number of benzene rings is 3. The van der Waals surface area contributed by atoms with Gasteiger partial charge in [-0.25, -0.2) is 18.4 Å². The molecule has 0 aliphatic carbocycles. The Labute approximate surface area is 241 Å². The first-order valence-electron chi connectivity index (χ1n) is 11.6. The second kappa shape index (κ2) is 12.6. The number of aromatic nitrogens is 2. The van der Waals surface area contributed by atoms with Crippen LogP contribution in [-0.4, -0.2) is 36.0 Å². The molecular weight excluding hydrogens is 649 g/mol. The number of hydrogen-bond donors (Lipinski definition) is 1. The van der Waals surface area contributed by atoms with Crippen LogP contribution in [0.5, 0.6) is 5.75 Å². The van der Waals surface area contributed by atoms with Crippen LogP contribution >= 0.6 is 11.3 Å². The second-order valence-electron chi connectivity index (χ2n) is 8.33. The number of carbonyl (C=O) groups excluding carboxylic acids is 1. The summed E-state index contributed by atoms with van der Waals surface area (Å²) in [5.41, 5.74) is 3.38. The minimum atomic E-state index is -4.27. The predicted molar refractivity (Wildman–Crippen MR) is 146 cm³/mol.